The van der Waals surface area contributed by atoms with E-state index in [0.29, 0.717) is 4.47 Å². The Labute approximate surface area is 102 Å². The third-order valence-electron chi connectivity index (χ3n) is 1.40. The van der Waals surface area contributed by atoms with Crippen LogP contribution in [0.25, 0.3) is 0 Å². The number of esters is 1. The van der Waals surface area contributed by atoms with Crippen LogP contribution in [0.1, 0.15) is 31.3 Å². The van der Waals surface area contributed by atoms with Crippen molar-refractivity contribution in [2.45, 2.75) is 26.4 Å². The van der Waals surface area contributed by atoms with Gasteiger partial charge in [0.25, 0.3) is 0 Å². The van der Waals surface area contributed by atoms with Crippen molar-refractivity contribution in [1.82, 2.24) is 4.98 Å². The van der Waals surface area contributed by atoms with Crippen molar-refractivity contribution in [1.29, 1.82) is 0 Å². The van der Waals surface area contributed by atoms with Crippen molar-refractivity contribution in [3.63, 3.8) is 0 Å². The third-order valence-corrected chi connectivity index (χ3v) is 2.25. The lowest BCUT2D eigenvalue weighted by atomic mass is 10.2. The van der Waals surface area contributed by atoms with Crippen LogP contribution in [0.2, 0.25) is 5.15 Å². The van der Waals surface area contributed by atoms with Gasteiger partial charge in [-0.25, -0.2) is 9.78 Å². The van der Waals surface area contributed by atoms with Crippen LogP contribution >= 0.6 is 27.5 Å². The van der Waals surface area contributed by atoms with E-state index < -0.39 is 11.6 Å². The minimum Gasteiger partial charge on any atom is -0.455 e. The Morgan fingerprint density at radius 3 is 2.60 bits per heavy atom. The van der Waals surface area contributed by atoms with Gasteiger partial charge in [-0.3, -0.25) is 0 Å². The summed E-state index contributed by atoms with van der Waals surface area (Å²) in [5.74, 6) is -0.489. The molecule has 1 aromatic rings. The molecule has 0 aliphatic heterocycles. The zero-order valence-electron chi connectivity index (χ0n) is 8.67. The van der Waals surface area contributed by atoms with Gasteiger partial charge in [-0.15, -0.1) is 0 Å². The van der Waals surface area contributed by atoms with Crippen molar-refractivity contribution in [2.75, 3.05) is 0 Å². The number of rotatable bonds is 1. The molecule has 0 saturated carbocycles. The molecule has 0 N–H and O–H groups in total. The largest absolute Gasteiger partial charge is 0.455 e. The van der Waals surface area contributed by atoms with Gasteiger partial charge in [0.05, 0.1) is 4.47 Å². The third kappa shape index (κ3) is 3.80. The number of hydrogen-bond acceptors (Lipinski definition) is 3. The van der Waals surface area contributed by atoms with E-state index in [-0.39, 0.29) is 10.8 Å². The van der Waals surface area contributed by atoms with Crippen LogP contribution in [0.5, 0.6) is 0 Å². The normalized spacial score (nSPS) is 11.3. The zero-order chi connectivity index (χ0) is 11.6. The lowest BCUT2D eigenvalue weighted by Crippen LogP contribution is -2.24. The topological polar surface area (TPSA) is 39.2 Å². The van der Waals surface area contributed by atoms with E-state index in [9.17, 15) is 4.79 Å². The van der Waals surface area contributed by atoms with Crippen molar-refractivity contribution in [3.8, 4) is 0 Å². The summed E-state index contributed by atoms with van der Waals surface area (Å²) in [5, 5.41) is 0.263. The number of carbonyl (C=O) groups excluding carboxylic acids is 1. The molecule has 0 spiro atoms. The van der Waals surface area contributed by atoms with E-state index in [1.165, 1.54) is 0 Å². The van der Waals surface area contributed by atoms with Crippen molar-refractivity contribution >= 4 is 33.5 Å². The van der Waals surface area contributed by atoms with Crippen molar-refractivity contribution in [3.05, 3.63) is 27.5 Å². The van der Waals surface area contributed by atoms with E-state index >= 15 is 0 Å². The average Bonchev–Trinajstić information content (AvgIpc) is 2.06. The molecule has 5 heteroatoms. The smallest absolute Gasteiger partial charge is 0.358 e. The standard InChI is InChI=1S/C10H11BrClNO2/c1-10(2,3)15-9(14)8-6(11)4-5-7(12)13-8/h4-5H,1-3H3. The fraction of sp³-hybridized carbons (Fsp3) is 0.400. The first-order valence-corrected chi connectivity index (χ1v) is 5.52. The van der Waals surface area contributed by atoms with Crippen LogP contribution in [0.4, 0.5) is 0 Å². The molecule has 0 saturated heterocycles. The molecular weight excluding hydrogens is 281 g/mol. The van der Waals surface area contributed by atoms with Gasteiger partial charge >= 0.3 is 5.97 Å². The summed E-state index contributed by atoms with van der Waals surface area (Å²) < 4.78 is 5.74. The number of nitrogens with zero attached hydrogens (tertiary/aromatic N) is 1. The van der Waals surface area contributed by atoms with Crippen LogP contribution in [0.3, 0.4) is 0 Å². The first kappa shape index (κ1) is 12.5. The average molecular weight is 293 g/mol. The Bertz CT molecular complexity index is 387. The monoisotopic (exact) mass is 291 g/mol. The Kier molecular flexibility index (Phi) is 3.73. The van der Waals surface area contributed by atoms with Crippen molar-refractivity contribution < 1.29 is 9.53 Å². The summed E-state index contributed by atoms with van der Waals surface area (Å²) in [4.78, 5) is 15.6. The molecule has 0 radical (unpaired) electrons. The van der Waals surface area contributed by atoms with E-state index in [2.05, 4.69) is 20.9 Å². The second kappa shape index (κ2) is 4.49. The molecule has 0 bridgehead atoms. The first-order chi connectivity index (χ1) is 6.79. The van der Waals surface area contributed by atoms with Gasteiger partial charge in [0.2, 0.25) is 0 Å². The number of pyridine rings is 1. The van der Waals surface area contributed by atoms with Crippen LogP contribution in [0, 0.1) is 0 Å². The minimum atomic E-state index is -0.541. The predicted molar refractivity (Wildman–Crippen MR) is 62.1 cm³/mol. The number of carbonyl (C=O) groups is 1. The molecule has 3 nitrogen and oxygen atoms in total. The van der Waals surface area contributed by atoms with Crippen LogP contribution in [-0.4, -0.2) is 16.6 Å². The first-order valence-electron chi connectivity index (χ1n) is 4.35. The highest BCUT2D eigenvalue weighted by Gasteiger charge is 2.21. The molecular formula is C10H11BrClNO2. The summed E-state index contributed by atoms with van der Waals surface area (Å²) >= 11 is 8.91. The SMILES string of the molecule is CC(C)(C)OC(=O)c1nc(Cl)ccc1Br. The fourth-order valence-electron chi connectivity index (χ4n) is 0.888. The van der Waals surface area contributed by atoms with Crippen LogP contribution in [-0.2, 0) is 4.74 Å². The van der Waals surface area contributed by atoms with Gasteiger partial charge in [-0.2, -0.15) is 0 Å². The Morgan fingerprint density at radius 1 is 1.47 bits per heavy atom. The number of ether oxygens (including phenoxy) is 1. The van der Waals surface area contributed by atoms with Gasteiger partial charge in [-0.05, 0) is 48.8 Å². The summed E-state index contributed by atoms with van der Waals surface area (Å²) in [6.45, 7) is 5.38. The van der Waals surface area contributed by atoms with Crippen LogP contribution < -0.4 is 0 Å². The maximum atomic E-state index is 11.7. The van der Waals surface area contributed by atoms with Gasteiger partial charge in [0.15, 0.2) is 5.69 Å². The number of aromatic nitrogens is 1. The second-order valence-electron chi connectivity index (χ2n) is 3.97. The Balaban J connectivity index is 2.96. The molecule has 0 atom stereocenters. The molecule has 1 rings (SSSR count). The molecule has 0 unspecified atom stereocenters. The van der Waals surface area contributed by atoms with E-state index in [0.717, 1.165) is 0 Å². The molecule has 0 fully saturated rings. The van der Waals surface area contributed by atoms with E-state index in [4.69, 9.17) is 16.3 Å². The molecule has 0 aromatic carbocycles. The highest BCUT2D eigenvalue weighted by molar-refractivity contribution is 9.10. The lowest BCUT2D eigenvalue weighted by Gasteiger charge is -2.19. The maximum Gasteiger partial charge on any atom is 0.358 e. The second-order valence-corrected chi connectivity index (χ2v) is 5.21. The molecule has 0 aliphatic carbocycles. The Morgan fingerprint density at radius 2 is 2.07 bits per heavy atom. The fourth-order valence-corrected chi connectivity index (χ4v) is 1.42. The van der Waals surface area contributed by atoms with E-state index in [1.54, 1.807) is 32.9 Å². The molecule has 0 amide bonds. The number of halogens is 2. The molecule has 0 aliphatic rings. The summed E-state index contributed by atoms with van der Waals surface area (Å²) in [6, 6.07) is 3.26. The Hall–Kier alpha value is -0.610. The van der Waals surface area contributed by atoms with Crippen molar-refractivity contribution in [2.24, 2.45) is 0 Å². The summed E-state index contributed by atoms with van der Waals surface area (Å²) in [7, 11) is 0. The highest BCUT2D eigenvalue weighted by atomic mass is 79.9. The molecule has 1 heterocycles. The van der Waals surface area contributed by atoms with Gasteiger partial charge < -0.3 is 4.74 Å². The summed E-state index contributed by atoms with van der Waals surface area (Å²) in [5.41, 5.74) is -0.349. The van der Waals surface area contributed by atoms with Gasteiger partial charge in [-0.1, -0.05) is 11.6 Å². The maximum absolute atomic E-state index is 11.7. The number of hydrogen-bond donors (Lipinski definition) is 0. The summed E-state index contributed by atoms with van der Waals surface area (Å²) in [6.07, 6.45) is 0. The lowest BCUT2D eigenvalue weighted by molar-refractivity contribution is 0.00617. The van der Waals surface area contributed by atoms with Gasteiger partial charge in [0.1, 0.15) is 10.8 Å². The minimum absolute atomic E-state index is 0.192. The van der Waals surface area contributed by atoms with Gasteiger partial charge in [0, 0.05) is 0 Å². The van der Waals surface area contributed by atoms with Crippen LogP contribution in [0.15, 0.2) is 16.6 Å². The predicted octanol–water partition coefficient (Wildman–Crippen LogP) is 3.45. The van der Waals surface area contributed by atoms with E-state index in [1.807, 2.05) is 0 Å². The quantitative estimate of drug-likeness (QED) is 0.588. The molecule has 15 heavy (non-hydrogen) atoms. The highest BCUT2D eigenvalue weighted by Crippen LogP contribution is 2.20. The molecule has 1 aromatic heterocycles. The zero-order valence-corrected chi connectivity index (χ0v) is 11.0. The molecule has 82 valence electrons.